The molecule has 2 aromatic heterocycles. The van der Waals surface area contributed by atoms with E-state index < -0.39 is 6.10 Å². The number of pyridine rings is 1. The van der Waals surface area contributed by atoms with Gasteiger partial charge in [0.1, 0.15) is 10.7 Å². The van der Waals surface area contributed by atoms with Gasteiger partial charge in [0, 0.05) is 20.5 Å². The third-order valence-corrected chi connectivity index (χ3v) is 3.87. The van der Waals surface area contributed by atoms with Gasteiger partial charge in [-0.05, 0) is 44.8 Å². The first-order valence-electron chi connectivity index (χ1n) is 4.53. The minimum atomic E-state index is -0.542. The van der Waals surface area contributed by atoms with E-state index in [9.17, 15) is 5.11 Å². The van der Waals surface area contributed by atoms with Gasteiger partial charge in [0.15, 0.2) is 0 Å². The number of aromatic nitrogens is 2. The number of hydrogen-bond donors (Lipinski definition) is 1. The molecular weight excluding hydrogens is 356 g/mol. The SMILES string of the molecule is CC(O)c1csc(-c2ncc(Br)cc2Br)n1. The van der Waals surface area contributed by atoms with Crippen LogP contribution < -0.4 is 0 Å². The number of nitrogens with zero attached hydrogens (tertiary/aromatic N) is 2. The number of aliphatic hydroxyl groups is 1. The maximum absolute atomic E-state index is 9.40. The molecule has 0 saturated heterocycles. The van der Waals surface area contributed by atoms with Crippen molar-refractivity contribution in [3.8, 4) is 10.7 Å². The van der Waals surface area contributed by atoms with Crippen molar-refractivity contribution < 1.29 is 5.11 Å². The number of hydrogen-bond acceptors (Lipinski definition) is 4. The maximum atomic E-state index is 9.40. The van der Waals surface area contributed by atoms with E-state index in [0.29, 0.717) is 5.69 Å². The molecule has 2 aromatic rings. The molecule has 0 radical (unpaired) electrons. The predicted octanol–water partition coefficient (Wildman–Crippen LogP) is 3.78. The fourth-order valence-corrected chi connectivity index (χ4v) is 3.38. The first-order valence-corrected chi connectivity index (χ1v) is 6.99. The van der Waals surface area contributed by atoms with Gasteiger partial charge in [0.05, 0.1) is 11.8 Å². The molecule has 0 saturated carbocycles. The fraction of sp³-hybridized carbons (Fsp3) is 0.200. The highest BCUT2D eigenvalue weighted by molar-refractivity contribution is 9.11. The maximum Gasteiger partial charge on any atom is 0.143 e. The van der Waals surface area contributed by atoms with Gasteiger partial charge in [0.2, 0.25) is 0 Å². The molecule has 0 fully saturated rings. The molecule has 0 amide bonds. The van der Waals surface area contributed by atoms with Crippen LogP contribution in [0, 0.1) is 0 Å². The Hall–Kier alpha value is -0.300. The first kappa shape index (κ1) is 12.2. The van der Waals surface area contributed by atoms with Crippen molar-refractivity contribution >= 4 is 43.2 Å². The molecule has 16 heavy (non-hydrogen) atoms. The number of thiazole rings is 1. The van der Waals surface area contributed by atoms with E-state index in [1.54, 1.807) is 13.1 Å². The highest BCUT2D eigenvalue weighted by Gasteiger charge is 2.12. The standard InChI is InChI=1S/C10H8Br2N2OS/c1-5(15)8-4-16-10(14-8)9-7(12)2-6(11)3-13-9/h2-5,15H,1H3. The monoisotopic (exact) mass is 362 g/mol. The molecule has 2 heterocycles. The molecule has 0 spiro atoms. The zero-order valence-electron chi connectivity index (χ0n) is 8.32. The van der Waals surface area contributed by atoms with Crippen LogP contribution in [0.3, 0.4) is 0 Å². The third-order valence-electron chi connectivity index (χ3n) is 1.96. The summed E-state index contributed by atoms with van der Waals surface area (Å²) in [5.74, 6) is 0. The Kier molecular flexibility index (Phi) is 3.73. The van der Waals surface area contributed by atoms with Gasteiger partial charge in [-0.3, -0.25) is 4.98 Å². The second kappa shape index (κ2) is 4.91. The highest BCUT2D eigenvalue weighted by Crippen LogP contribution is 2.31. The summed E-state index contributed by atoms with van der Waals surface area (Å²) >= 11 is 8.26. The third kappa shape index (κ3) is 2.51. The Bertz CT molecular complexity index is 513. The lowest BCUT2D eigenvalue weighted by Gasteiger charge is -2.00. The molecule has 2 rings (SSSR count). The van der Waals surface area contributed by atoms with Gasteiger partial charge in [-0.15, -0.1) is 11.3 Å². The fourth-order valence-electron chi connectivity index (χ4n) is 1.16. The van der Waals surface area contributed by atoms with Gasteiger partial charge in [-0.2, -0.15) is 0 Å². The summed E-state index contributed by atoms with van der Waals surface area (Å²) in [7, 11) is 0. The summed E-state index contributed by atoms with van der Waals surface area (Å²) in [6.07, 6.45) is 1.18. The van der Waals surface area contributed by atoms with Crippen LogP contribution in [0.25, 0.3) is 10.7 Å². The Labute approximate surface area is 114 Å². The molecule has 0 aliphatic carbocycles. The summed E-state index contributed by atoms with van der Waals surface area (Å²) in [5, 5.41) is 12.0. The first-order chi connectivity index (χ1) is 7.58. The summed E-state index contributed by atoms with van der Waals surface area (Å²) in [6.45, 7) is 1.70. The van der Waals surface area contributed by atoms with E-state index >= 15 is 0 Å². The van der Waals surface area contributed by atoms with E-state index in [4.69, 9.17) is 0 Å². The topological polar surface area (TPSA) is 46.0 Å². The lowest BCUT2D eigenvalue weighted by molar-refractivity contribution is 0.195. The van der Waals surface area contributed by atoms with E-state index in [2.05, 4.69) is 41.8 Å². The van der Waals surface area contributed by atoms with Crippen molar-refractivity contribution in [3.05, 3.63) is 32.3 Å². The van der Waals surface area contributed by atoms with Crippen molar-refractivity contribution in [3.63, 3.8) is 0 Å². The van der Waals surface area contributed by atoms with Gasteiger partial charge in [0.25, 0.3) is 0 Å². The zero-order valence-corrected chi connectivity index (χ0v) is 12.3. The molecule has 3 nitrogen and oxygen atoms in total. The predicted molar refractivity (Wildman–Crippen MR) is 71.4 cm³/mol. The molecule has 6 heteroatoms. The van der Waals surface area contributed by atoms with Gasteiger partial charge < -0.3 is 5.11 Å². The van der Waals surface area contributed by atoms with Crippen LogP contribution in [0.15, 0.2) is 26.6 Å². The quantitative estimate of drug-likeness (QED) is 0.882. The van der Waals surface area contributed by atoms with Crippen molar-refractivity contribution in [2.45, 2.75) is 13.0 Å². The molecule has 84 valence electrons. The smallest absolute Gasteiger partial charge is 0.143 e. The Morgan fingerprint density at radius 1 is 1.44 bits per heavy atom. The number of halogens is 2. The minimum absolute atomic E-state index is 0.542. The highest BCUT2D eigenvalue weighted by atomic mass is 79.9. The second-order valence-electron chi connectivity index (χ2n) is 3.24. The second-order valence-corrected chi connectivity index (χ2v) is 5.87. The molecule has 1 atom stereocenters. The molecule has 1 N–H and O–H groups in total. The van der Waals surface area contributed by atoms with Crippen LogP contribution in [0.4, 0.5) is 0 Å². The van der Waals surface area contributed by atoms with Gasteiger partial charge in [-0.25, -0.2) is 4.98 Å². The summed E-state index contributed by atoms with van der Waals surface area (Å²) in [4.78, 5) is 8.62. The molecule has 0 aliphatic rings. The van der Waals surface area contributed by atoms with Crippen LogP contribution in [-0.4, -0.2) is 15.1 Å². The van der Waals surface area contributed by atoms with Crippen LogP contribution in [0.1, 0.15) is 18.7 Å². The van der Waals surface area contributed by atoms with Crippen LogP contribution in [-0.2, 0) is 0 Å². The average Bonchev–Trinajstić information content (AvgIpc) is 2.66. The summed E-state index contributed by atoms with van der Waals surface area (Å²) < 4.78 is 1.80. The van der Waals surface area contributed by atoms with Crippen molar-refractivity contribution in [1.29, 1.82) is 0 Å². The van der Waals surface area contributed by atoms with Crippen LogP contribution in [0.2, 0.25) is 0 Å². The largest absolute Gasteiger partial charge is 0.387 e. The molecule has 1 unspecified atom stereocenters. The van der Waals surface area contributed by atoms with Crippen molar-refractivity contribution in [1.82, 2.24) is 9.97 Å². The Balaban J connectivity index is 2.42. The van der Waals surface area contributed by atoms with E-state index in [-0.39, 0.29) is 0 Å². The van der Waals surface area contributed by atoms with Crippen molar-refractivity contribution in [2.75, 3.05) is 0 Å². The molecule has 0 bridgehead atoms. The number of rotatable bonds is 2. The summed E-state index contributed by atoms with van der Waals surface area (Å²) in [5.41, 5.74) is 1.47. The Morgan fingerprint density at radius 2 is 2.19 bits per heavy atom. The average molecular weight is 364 g/mol. The lowest BCUT2D eigenvalue weighted by atomic mass is 10.3. The summed E-state index contributed by atoms with van der Waals surface area (Å²) in [6, 6.07) is 1.92. The van der Waals surface area contributed by atoms with E-state index in [0.717, 1.165) is 19.6 Å². The van der Waals surface area contributed by atoms with Gasteiger partial charge in [-0.1, -0.05) is 0 Å². The van der Waals surface area contributed by atoms with Gasteiger partial charge >= 0.3 is 0 Å². The molecule has 0 aromatic carbocycles. The van der Waals surface area contributed by atoms with Crippen LogP contribution >= 0.6 is 43.2 Å². The van der Waals surface area contributed by atoms with E-state index in [1.165, 1.54) is 11.3 Å². The van der Waals surface area contributed by atoms with Crippen molar-refractivity contribution in [2.24, 2.45) is 0 Å². The molecule has 0 aliphatic heterocycles. The van der Waals surface area contributed by atoms with E-state index in [1.807, 2.05) is 11.4 Å². The molecular formula is C10H8Br2N2OS. The normalized spacial score (nSPS) is 12.8. The lowest BCUT2D eigenvalue weighted by Crippen LogP contribution is -1.91. The number of aliphatic hydroxyl groups excluding tert-OH is 1. The Morgan fingerprint density at radius 3 is 2.75 bits per heavy atom. The zero-order chi connectivity index (χ0) is 11.7. The van der Waals surface area contributed by atoms with Crippen LogP contribution in [0.5, 0.6) is 0 Å². The minimum Gasteiger partial charge on any atom is -0.387 e.